The lowest BCUT2D eigenvalue weighted by molar-refractivity contribution is -0.255. The fraction of sp³-hybridized carbons (Fsp3) is 0.857. The summed E-state index contributed by atoms with van der Waals surface area (Å²) in [5.41, 5.74) is 0. The van der Waals surface area contributed by atoms with Gasteiger partial charge in [-0.1, -0.05) is 0 Å². The van der Waals surface area contributed by atoms with E-state index in [0.29, 0.717) is 6.42 Å². The number of nitrogens with zero attached hydrogens (tertiary/aromatic N) is 1. The topological polar surface area (TPSA) is 38.8 Å². The van der Waals surface area contributed by atoms with Crippen LogP contribution in [0.4, 0.5) is 0 Å². The maximum atomic E-state index is 10.7. The highest BCUT2D eigenvalue weighted by Gasteiger charge is 2.02. The Morgan fingerprint density at radius 3 is 2.55 bits per heavy atom. The molecule has 0 rings (SSSR count). The summed E-state index contributed by atoms with van der Waals surface area (Å²) in [5, 5.41) is 0. The highest BCUT2D eigenvalue weighted by Crippen LogP contribution is 1.93. The summed E-state index contributed by atoms with van der Waals surface area (Å²) in [6.45, 7) is 0.888. The fourth-order valence-corrected chi connectivity index (χ4v) is 0.674. The van der Waals surface area contributed by atoms with E-state index >= 15 is 0 Å². The molecule has 4 nitrogen and oxygen atoms in total. The molecule has 0 N–H and O–H groups in total. The van der Waals surface area contributed by atoms with E-state index in [4.69, 9.17) is 0 Å². The van der Waals surface area contributed by atoms with Gasteiger partial charge in [-0.3, -0.25) is 4.89 Å². The van der Waals surface area contributed by atoms with Crippen LogP contribution in [0.15, 0.2) is 0 Å². The van der Waals surface area contributed by atoms with Gasteiger partial charge in [-0.05, 0) is 27.1 Å². The first-order chi connectivity index (χ1) is 5.16. The van der Waals surface area contributed by atoms with Crippen LogP contribution in [0.3, 0.4) is 0 Å². The summed E-state index contributed by atoms with van der Waals surface area (Å²) in [6, 6.07) is 0. The molecule has 0 spiro atoms. The third kappa shape index (κ3) is 7.29. The van der Waals surface area contributed by atoms with Crippen molar-refractivity contribution in [3.8, 4) is 0 Å². The van der Waals surface area contributed by atoms with Crippen LogP contribution in [0.5, 0.6) is 0 Å². The van der Waals surface area contributed by atoms with Crippen molar-refractivity contribution < 1.29 is 14.6 Å². The maximum Gasteiger partial charge on any atom is 0.342 e. The SMILES string of the molecule is COOC(=O)CCCN(C)C. The third-order valence-electron chi connectivity index (χ3n) is 1.16. The molecular formula is C7H15NO3. The molecule has 0 aromatic carbocycles. The number of rotatable bonds is 5. The number of hydrogen-bond acceptors (Lipinski definition) is 4. The van der Waals surface area contributed by atoms with E-state index in [1.165, 1.54) is 7.11 Å². The Bertz CT molecular complexity index is 114. The van der Waals surface area contributed by atoms with E-state index in [1.54, 1.807) is 0 Å². The first-order valence-corrected chi connectivity index (χ1v) is 3.55. The average molecular weight is 161 g/mol. The van der Waals surface area contributed by atoms with Crippen molar-refractivity contribution in [3.63, 3.8) is 0 Å². The fourth-order valence-electron chi connectivity index (χ4n) is 0.674. The molecule has 0 saturated carbocycles. The van der Waals surface area contributed by atoms with Gasteiger partial charge < -0.3 is 4.90 Å². The molecule has 11 heavy (non-hydrogen) atoms. The second-order valence-corrected chi connectivity index (χ2v) is 2.53. The molecule has 0 fully saturated rings. The monoisotopic (exact) mass is 161 g/mol. The molecule has 0 saturated heterocycles. The van der Waals surface area contributed by atoms with Crippen molar-refractivity contribution >= 4 is 5.97 Å². The highest BCUT2D eigenvalue weighted by molar-refractivity contribution is 5.68. The second kappa shape index (κ2) is 6.12. The number of carbonyl (C=O) groups excluding carboxylic acids is 1. The van der Waals surface area contributed by atoms with Crippen molar-refractivity contribution in [2.24, 2.45) is 0 Å². The average Bonchev–Trinajstić information content (AvgIpc) is 1.87. The molecule has 0 atom stereocenters. The van der Waals surface area contributed by atoms with Crippen LogP contribution in [-0.4, -0.2) is 38.6 Å². The lowest BCUT2D eigenvalue weighted by atomic mass is 10.3. The van der Waals surface area contributed by atoms with E-state index in [2.05, 4.69) is 9.78 Å². The van der Waals surface area contributed by atoms with Gasteiger partial charge in [0, 0.05) is 0 Å². The zero-order chi connectivity index (χ0) is 8.69. The minimum Gasteiger partial charge on any atom is -0.309 e. The second-order valence-electron chi connectivity index (χ2n) is 2.53. The summed E-state index contributed by atoms with van der Waals surface area (Å²) in [4.78, 5) is 21.1. The van der Waals surface area contributed by atoms with Gasteiger partial charge in [0.1, 0.15) is 0 Å². The largest absolute Gasteiger partial charge is 0.342 e. The Labute approximate surface area is 67.0 Å². The van der Waals surface area contributed by atoms with Crippen molar-refractivity contribution in [2.45, 2.75) is 12.8 Å². The summed E-state index contributed by atoms with van der Waals surface area (Å²) in [5.74, 6) is -0.311. The number of carbonyl (C=O) groups is 1. The van der Waals surface area contributed by atoms with Crippen LogP contribution in [0.25, 0.3) is 0 Å². The molecule has 0 aliphatic rings. The van der Waals surface area contributed by atoms with Gasteiger partial charge in [0.25, 0.3) is 0 Å². The minimum absolute atomic E-state index is 0.311. The normalized spacial score (nSPS) is 10.2. The molecule has 0 amide bonds. The Balaban J connectivity index is 3.17. The standard InChI is InChI=1S/C7H15NO3/c1-8(2)6-4-5-7(9)11-10-3/h4-6H2,1-3H3. The molecule has 0 aromatic heterocycles. The lowest BCUT2D eigenvalue weighted by Gasteiger charge is -2.07. The van der Waals surface area contributed by atoms with Gasteiger partial charge in [-0.25, -0.2) is 4.79 Å². The van der Waals surface area contributed by atoms with Gasteiger partial charge in [-0.15, -0.1) is 0 Å². The summed E-state index contributed by atoms with van der Waals surface area (Å²) >= 11 is 0. The van der Waals surface area contributed by atoms with E-state index in [1.807, 2.05) is 19.0 Å². The predicted octanol–water partition coefficient (Wildman–Crippen LogP) is 0.433. The van der Waals surface area contributed by atoms with Crippen LogP contribution in [0.1, 0.15) is 12.8 Å². The van der Waals surface area contributed by atoms with E-state index < -0.39 is 0 Å². The van der Waals surface area contributed by atoms with E-state index in [9.17, 15) is 4.79 Å². The highest BCUT2D eigenvalue weighted by atomic mass is 17.2. The van der Waals surface area contributed by atoms with Crippen LogP contribution < -0.4 is 0 Å². The van der Waals surface area contributed by atoms with Crippen LogP contribution in [0, 0.1) is 0 Å². The van der Waals surface area contributed by atoms with Gasteiger partial charge in [0.15, 0.2) is 0 Å². The number of hydrogen-bond donors (Lipinski definition) is 0. The zero-order valence-corrected chi connectivity index (χ0v) is 7.29. The molecule has 0 heterocycles. The van der Waals surface area contributed by atoms with Gasteiger partial charge in [0.2, 0.25) is 0 Å². The first-order valence-electron chi connectivity index (χ1n) is 3.55. The minimum atomic E-state index is -0.311. The molecule has 0 bridgehead atoms. The molecule has 66 valence electrons. The quantitative estimate of drug-likeness (QED) is 0.433. The molecule has 0 aliphatic carbocycles. The van der Waals surface area contributed by atoms with E-state index in [0.717, 1.165) is 13.0 Å². The summed E-state index contributed by atoms with van der Waals surface area (Å²) < 4.78 is 0. The zero-order valence-electron chi connectivity index (χ0n) is 7.29. The van der Waals surface area contributed by atoms with Crippen LogP contribution >= 0.6 is 0 Å². The van der Waals surface area contributed by atoms with Crippen LogP contribution in [0.2, 0.25) is 0 Å². The van der Waals surface area contributed by atoms with Crippen molar-refractivity contribution in [1.29, 1.82) is 0 Å². The molecule has 0 radical (unpaired) electrons. The maximum absolute atomic E-state index is 10.7. The lowest BCUT2D eigenvalue weighted by Crippen LogP contribution is -2.14. The van der Waals surface area contributed by atoms with Gasteiger partial charge >= 0.3 is 5.97 Å². The first kappa shape index (κ1) is 10.4. The Kier molecular flexibility index (Phi) is 5.78. The smallest absolute Gasteiger partial charge is 0.309 e. The molecule has 0 aromatic rings. The summed E-state index contributed by atoms with van der Waals surface area (Å²) in [6.07, 6.45) is 1.21. The van der Waals surface area contributed by atoms with Gasteiger partial charge in [0.05, 0.1) is 13.5 Å². The van der Waals surface area contributed by atoms with E-state index in [-0.39, 0.29) is 5.97 Å². The van der Waals surface area contributed by atoms with Crippen molar-refractivity contribution in [1.82, 2.24) is 4.90 Å². The Hall–Kier alpha value is -0.610. The molecule has 4 heteroatoms. The molecule has 0 unspecified atom stereocenters. The van der Waals surface area contributed by atoms with Crippen molar-refractivity contribution in [2.75, 3.05) is 27.7 Å². The predicted molar refractivity (Wildman–Crippen MR) is 40.9 cm³/mol. The molecule has 0 aliphatic heterocycles. The Morgan fingerprint density at radius 1 is 1.45 bits per heavy atom. The van der Waals surface area contributed by atoms with Crippen LogP contribution in [-0.2, 0) is 14.6 Å². The van der Waals surface area contributed by atoms with Gasteiger partial charge in [-0.2, -0.15) is 4.89 Å². The molecular weight excluding hydrogens is 146 g/mol. The summed E-state index contributed by atoms with van der Waals surface area (Å²) in [7, 11) is 5.24. The Morgan fingerprint density at radius 2 is 2.09 bits per heavy atom. The third-order valence-corrected chi connectivity index (χ3v) is 1.16. The van der Waals surface area contributed by atoms with Crippen molar-refractivity contribution in [3.05, 3.63) is 0 Å².